The van der Waals surface area contributed by atoms with Gasteiger partial charge < -0.3 is 15.8 Å². The molecular formula is C14H20ClN3O3. The number of primary amides is 1. The summed E-state index contributed by atoms with van der Waals surface area (Å²) >= 11 is 6.00. The molecule has 116 valence electrons. The summed E-state index contributed by atoms with van der Waals surface area (Å²) in [7, 11) is 0. The topological polar surface area (TPSA) is 93.4 Å². The number of carbonyl (C=O) groups is 2. The number of ether oxygens (including phenoxy) is 1. The van der Waals surface area contributed by atoms with E-state index < -0.39 is 11.9 Å². The van der Waals surface area contributed by atoms with E-state index in [1.54, 1.807) is 18.2 Å². The molecule has 1 atom stereocenters. The maximum absolute atomic E-state index is 11.4. The van der Waals surface area contributed by atoms with Gasteiger partial charge in [0.25, 0.3) is 5.91 Å². The first-order valence-corrected chi connectivity index (χ1v) is 7.06. The summed E-state index contributed by atoms with van der Waals surface area (Å²) < 4.78 is 5.44. The maximum Gasteiger partial charge on any atom is 0.318 e. The lowest BCUT2D eigenvalue weighted by atomic mass is 10.1. The van der Waals surface area contributed by atoms with Crippen LogP contribution in [0.25, 0.3) is 0 Å². The number of rotatable bonds is 7. The maximum atomic E-state index is 11.4. The average molecular weight is 314 g/mol. The van der Waals surface area contributed by atoms with Gasteiger partial charge in [0, 0.05) is 16.6 Å². The fourth-order valence-electron chi connectivity index (χ4n) is 1.78. The second-order valence-electron chi connectivity index (χ2n) is 4.56. The molecule has 0 bridgehead atoms. The molecular weight excluding hydrogens is 294 g/mol. The molecule has 1 rings (SSSR count). The molecule has 7 heteroatoms. The first-order chi connectivity index (χ1) is 9.93. The highest BCUT2D eigenvalue weighted by atomic mass is 35.5. The van der Waals surface area contributed by atoms with Crippen LogP contribution >= 0.6 is 11.6 Å². The van der Waals surface area contributed by atoms with E-state index in [1.165, 1.54) is 0 Å². The van der Waals surface area contributed by atoms with E-state index in [-0.39, 0.29) is 12.6 Å². The van der Waals surface area contributed by atoms with Crippen LogP contribution in [0.3, 0.4) is 0 Å². The number of nitrogens with two attached hydrogens (primary N) is 1. The van der Waals surface area contributed by atoms with Crippen molar-refractivity contribution >= 4 is 23.5 Å². The minimum atomic E-state index is -0.905. The Bertz CT molecular complexity index is 508. The van der Waals surface area contributed by atoms with Gasteiger partial charge in [-0.1, -0.05) is 18.5 Å². The van der Waals surface area contributed by atoms with Gasteiger partial charge in [-0.2, -0.15) is 0 Å². The van der Waals surface area contributed by atoms with Gasteiger partial charge in [0.2, 0.25) is 0 Å². The van der Waals surface area contributed by atoms with E-state index in [1.807, 2.05) is 12.2 Å². The van der Waals surface area contributed by atoms with Crippen molar-refractivity contribution < 1.29 is 14.3 Å². The summed E-state index contributed by atoms with van der Waals surface area (Å²) in [5.41, 5.74) is 5.71. The van der Waals surface area contributed by atoms with E-state index in [9.17, 15) is 9.59 Å². The Morgan fingerprint density at radius 3 is 2.76 bits per heavy atom. The normalized spacial score (nSPS) is 11.8. The number of nitrogens with one attached hydrogen (secondary N) is 2. The molecule has 0 aromatic heterocycles. The molecule has 1 aromatic rings. The minimum absolute atomic E-state index is 0.0258. The average Bonchev–Trinajstić information content (AvgIpc) is 2.42. The second kappa shape index (κ2) is 8.49. The van der Waals surface area contributed by atoms with Gasteiger partial charge in [-0.05, 0) is 38.1 Å². The third kappa shape index (κ3) is 6.01. The molecule has 0 aliphatic carbocycles. The predicted octanol–water partition coefficient (Wildman–Crippen LogP) is 1.97. The Hall–Kier alpha value is -1.79. The zero-order chi connectivity index (χ0) is 15.8. The van der Waals surface area contributed by atoms with E-state index >= 15 is 0 Å². The minimum Gasteiger partial charge on any atom is -0.483 e. The Morgan fingerprint density at radius 1 is 1.43 bits per heavy atom. The van der Waals surface area contributed by atoms with Crippen LogP contribution in [0.2, 0.25) is 5.02 Å². The molecule has 1 unspecified atom stereocenters. The molecule has 0 saturated heterocycles. The lowest BCUT2D eigenvalue weighted by Gasteiger charge is -2.18. The van der Waals surface area contributed by atoms with Gasteiger partial charge in [-0.25, -0.2) is 4.79 Å². The van der Waals surface area contributed by atoms with Crippen LogP contribution in [0.15, 0.2) is 18.2 Å². The molecule has 0 aliphatic rings. The Morgan fingerprint density at radius 2 is 2.14 bits per heavy atom. The van der Waals surface area contributed by atoms with Crippen LogP contribution in [0.1, 0.15) is 31.9 Å². The molecule has 0 fully saturated rings. The number of hydrogen-bond donors (Lipinski definition) is 3. The zero-order valence-electron chi connectivity index (χ0n) is 12.1. The van der Waals surface area contributed by atoms with Crippen LogP contribution in [-0.4, -0.2) is 25.1 Å². The fourth-order valence-corrected chi connectivity index (χ4v) is 1.96. The molecule has 4 N–H and O–H groups in total. The zero-order valence-corrected chi connectivity index (χ0v) is 12.9. The largest absolute Gasteiger partial charge is 0.483 e. The molecule has 0 saturated carbocycles. The molecule has 0 radical (unpaired) electrons. The lowest BCUT2D eigenvalue weighted by Crippen LogP contribution is -2.38. The fraction of sp³-hybridized carbons (Fsp3) is 0.429. The van der Waals surface area contributed by atoms with Gasteiger partial charge in [-0.3, -0.25) is 10.1 Å². The number of imide groups is 1. The number of urea groups is 1. The first-order valence-electron chi connectivity index (χ1n) is 6.69. The van der Waals surface area contributed by atoms with Crippen molar-refractivity contribution in [3.63, 3.8) is 0 Å². The van der Waals surface area contributed by atoms with Crippen molar-refractivity contribution in [2.45, 2.75) is 26.3 Å². The summed E-state index contributed by atoms with van der Waals surface area (Å²) in [6, 6.07) is 4.28. The van der Waals surface area contributed by atoms with E-state index in [0.29, 0.717) is 10.8 Å². The van der Waals surface area contributed by atoms with Crippen LogP contribution in [0.4, 0.5) is 4.79 Å². The van der Waals surface area contributed by atoms with Crippen LogP contribution < -0.4 is 21.1 Å². The smallest absolute Gasteiger partial charge is 0.318 e. The number of amides is 3. The second-order valence-corrected chi connectivity index (χ2v) is 5.00. The standard InChI is InChI=1S/C14H20ClN3O3/c1-3-6-17-9(2)11-7-10(15)4-5-12(11)21-8-13(19)18-14(16)20/h4-5,7,9,17H,3,6,8H2,1-2H3,(H3,16,18,19,20). The first kappa shape index (κ1) is 17.3. The van der Waals surface area contributed by atoms with Crippen LogP contribution in [0, 0.1) is 0 Å². The van der Waals surface area contributed by atoms with Crippen LogP contribution in [-0.2, 0) is 4.79 Å². The summed E-state index contributed by atoms with van der Waals surface area (Å²) in [6.07, 6.45) is 1.00. The summed E-state index contributed by atoms with van der Waals surface area (Å²) in [5.74, 6) is -0.0623. The van der Waals surface area contributed by atoms with Gasteiger partial charge in [-0.15, -0.1) is 0 Å². The lowest BCUT2D eigenvalue weighted by molar-refractivity contribution is -0.121. The Balaban J connectivity index is 2.76. The molecule has 1 aromatic carbocycles. The van der Waals surface area contributed by atoms with Gasteiger partial charge in [0.15, 0.2) is 6.61 Å². The molecule has 0 aliphatic heterocycles. The molecule has 21 heavy (non-hydrogen) atoms. The highest BCUT2D eigenvalue weighted by Crippen LogP contribution is 2.28. The van der Waals surface area contributed by atoms with E-state index in [2.05, 4.69) is 12.2 Å². The highest BCUT2D eigenvalue weighted by molar-refractivity contribution is 6.30. The van der Waals surface area contributed by atoms with Gasteiger partial charge in [0.1, 0.15) is 5.75 Å². The van der Waals surface area contributed by atoms with Crippen LogP contribution in [0.5, 0.6) is 5.75 Å². The van der Waals surface area contributed by atoms with Crippen molar-refractivity contribution in [1.82, 2.24) is 10.6 Å². The number of carbonyl (C=O) groups excluding carboxylic acids is 2. The predicted molar refractivity (Wildman–Crippen MR) is 81.4 cm³/mol. The SMILES string of the molecule is CCCNC(C)c1cc(Cl)ccc1OCC(=O)NC(N)=O. The third-order valence-electron chi connectivity index (χ3n) is 2.76. The highest BCUT2D eigenvalue weighted by Gasteiger charge is 2.13. The number of benzene rings is 1. The van der Waals surface area contributed by atoms with Crippen molar-refractivity contribution in [3.05, 3.63) is 28.8 Å². The monoisotopic (exact) mass is 313 g/mol. The number of hydrogen-bond acceptors (Lipinski definition) is 4. The van der Waals surface area contributed by atoms with Gasteiger partial charge in [0.05, 0.1) is 0 Å². The van der Waals surface area contributed by atoms with Crippen molar-refractivity contribution in [3.8, 4) is 5.75 Å². The summed E-state index contributed by atoms with van der Waals surface area (Å²) in [4.78, 5) is 21.9. The quantitative estimate of drug-likeness (QED) is 0.717. The number of halogens is 1. The van der Waals surface area contributed by atoms with E-state index in [4.69, 9.17) is 22.1 Å². The van der Waals surface area contributed by atoms with Gasteiger partial charge >= 0.3 is 6.03 Å². The Labute approximate surface area is 129 Å². The van der Waals surface area contributed by atoms with E-state index in [0.717, 1.165) is 18.5 Å². The summed E-state index contributed by atoms with van der Waals surface area (Å²) in [6.45, 7) is 4.62. The molecule has 6 nitrogen and oxygen atoms in total. The third-order valence-corrected chi connectivity index (χ3v) is 3.00. The van der Waals surface area contributed by atoms with Crippen molar-refractivity contribution in [2.75, 3.05) is 13.2 Å². The summed E-state index contributed by atoms with van der Waals surface area (Å²) in [5, 5.41) is 5.85. The van der Waals surface area contributed by atoms with Crippen molar-refractivity contribution in [1.29, 1.82) is 0 Å². The molecule has 0 spiro atoms. The van der Waals surface area contributed by atoms with Crippen molar-refractivity contribution in [2.24, 2.45) is 5.73 Å². The Kier molecular flexibility index (Phi) is 6.98. The molecule has 0 heterocycles. The molecule has 3 amide bonds.